The van der Waals surface area contributed by atoms with Gasteiger partial charge in [0.25, 0.3) is 0 Å². The zero-order valence-electron chi connectivity index (χ0n) is 3.82. The Labute approximate surface area is 52.8 Å². The number of nitrogens with zero attached hydrogens (tertiary/aromatic N) is 1. The molecule has 0 spiro atoms. The van der Waals surface area contributed by atoms with Gasteiger partial charge in [-0.15, -0.1) is 3.52 Å². The van der Waals surface area contributed by atoms with E-state index >= 15 is 0 Å². The van der Waals surface area contributed by atoms with Crippen LogP contribution in [0.4, 0.5) is 0 Å². The molecule has 1 fully saturated rings. The number of rotatable bonds is 0. The molecule has 4 heteroatoms. The van der Waals surface area contributed by atoms with Crippen molar-refractivity contribution < 1.29 is 3.52 Å². The van der Waals surface area contributed by atoms with Crippen LogP contribution in [0.5, 0.6) is 0 Å². The van der Waals surface area contributed by atoms with E-state index in [-0.39, 0.29) is 3.52 Å². The lowest BCUT2D eigenvalue weighted by Crippen LogP contribution is -2.24. The van der Waals surface area contributed by atoms with Gasteiger partial charge in [-0.3, -0.25) is 5.32 Å². The third kappa shape index (κ3) is 1.46. The number of halogens is 2. The third-order valence-electron chi connectivity index (χ3n) is 0.959. The van der Waals surface area contributed by atoms with Crippen LogP contribution in [0.2, 0.25) is 0 Å². The van der Waals surface area contributed by atoms with Gasteiger partial charge < -0.3 is 0 Å². The van der Waals surface area contributed by atoms with E-state index in [2.05, 4.69) is 5.32 Å². The second kappa shape index (κ2) is 1.78. The van der Waals surface area contributed by atoms with Gasteiger partial charge in [0.2, 0.25) is 0 Å². The largest absolute Gasteiger partial charge is 0.262 e. The Bertz CT molecular complexity index is 65.3. The topological polar surface area (TPSA) is 12.0 Å². The SMILES string of the molecule is Cl[N+]1(Cl)CCNC1. The Kier molecular flexibility index (Phi) is 1.44. The molecule has 0 atom stereocenters. The van der Waals surface area contributed by atoms with E-state index in [0.29, 0.717) is 6.67 Å². The van der Waals surface area contributed by atoms with Gasteiger partial charge >= 0.3 is 0 Å². The van der Waals surface area contributed by atoms with E-state index in [4.69, 9.17) is 23.6 Å². The lowest BCUT2D eigenvalue weighted by Gasteiger charge is -2.06. The number of hydrogen-bond donors (Lipinski definition) is 1. The number of nitrogens with one attached hydrogen (secondary N) is 1. The lowest BCUT2D eigenvalue weighted by molar-refractivity contribution is -0.674. The van der Waals surface area contributed by atoms with Crippen molar-refractivity contribution in [1.29, 1.82) is 0 Å². The van der Waals surface area contributed by atoms with Crippen LogP contribution in [0.15, 0.2) is 0 Å². The third-order valence-corrected chi connectivity index (χ3v) is 1.54. The van der Waals surface area contributed by atoms with Crippen LogP contribution < -0.4 is 5.32 Å². The van der Waals surface area contributed by atoms with Crippen LogP contribution in [-0.2, 0) is 0 Å². The van der Waals surface area contributed by atoms with Crippen molar-refractivity contribution in [2.45, 2.75) is 0 Å². The predicted molar refractivity (Wildman–Crippen MR) is 29.7 cm³/mol. The predicted octanol–water partition coefficient (Wildman–Crippen LogP) is 0.671. The standard InChI is InChI=1S/C3H7Cl2N2/c4-7(5)2-1-6-3-7/h6H,1-3H2/q+1. The highest BCUT2D eigenvalue weighted by Crippen LogP contribution is 2.17. The fourth-order valence-corrected chi connectivity index (χ4v) is 0.902. The van der Waals surface area contributed by atoms with Crippen molar-refractivity contribution in [3.05, 3.63) is 0 Å². The highest BCUT2D eigenvalue weighted by molar-refractivity contribution is 6.23. The minimum Gasteiger partial charge on any atom is -0.262 e. The second-order valence-corrected chi connectivity index (χ2v) is 3.11. The molecule has 1 N–H and O–H groups in total. The van der Waals surface area contributed by atoms with Gasteiger partial charge in [0.15, 0.2) is 30.2 Å². The van der Waals surface area contributed by atoms with Crippen molar-refractivity contribution in [2.75, 3.05) is 19.8 Å². The Morgan fingerprint density at radius 1 is 1.43 bits per heavy atom. The fraction of sp³-hybridized carbons (Fsp3) is 1.00. The highest BCUT2D eigenvalue weighted by Gasteiger charge is 2.28. The normalized spacial score (nSPS) is 28.3. The minimum atomic E-state index is 0.0833. The van der Waals surface area contributed by atoms with Gasteiger partial charge in [-0.25, -0.2) is 0 Å². The van der Waals surface area contributed by atoms with Crippen molar-refractivity contribution in [3.63, 3.8) is 0 Å². The highest BCUT2D eigenvalue weighted by atomic mass is 35.5. The average molecular weight is 142 g/mol. The maximum atomic E-state index is 5.61. The molecule has 0 unspecified atom stereocenters. The van der Waals surface area contributed by atoms with Crippen LogP contribution in [-0.4, -0.2) is 23.3 Å². The summed E-state index contributed by atoms with van der Waals surface area (Å²) in [5.74, 6) is 0. The maximum absolute atomic E-state index is 5.61. The molecule has 1 aliphatic heterocycles. The molecule has 0 aliphatic carbocycles. The molecule has 0 aromatic heterocycles. The first kappa shape index (κ1) is 5.63. The first-order chi connectivity index (χ1) is 3.21. The molecule has 0 aromatic carbocycles. The number of hydrogen-bond acceptors (Lipinski definition) is 1. The van der Waals surface area contributed by atoms with Gasteiger partial charge in [0, 0.05) is 0 Å². The van der Waals surface area contributed by atoms with Crippen molar-refractivity contribution in [1.82, 2.24) is 5.32 Å². The Morgan fingerprint density at radius 3 is 2.29 bits per heavy atom. The molecule has 1 rings (SSSR count). The summed E-state index contributed by atoms with van der Waals surface area (Å²) in [6.45, 7) is 2.40. The molecule has 1 saturated heterocycles. The molecule has 1 heterocycles. The van der Waals surface area contributed by atoms with Gasteiger partial charge in [0.05, 0.1) is 6.54 Å². The molecule has 0 radical (unpaired) electrons. The van der Waals surface area contributed by atoms with Gasteiger partial charge in [-0.05, 0) is 0 Å². The van der Waals surface area contributed by atoms with Gasteiger partial charge in [0.1, 0.15) is 6.54 Å². The van der Waals surface area contributed by atoms with E-state index in [1.807, 2.05) is 0 Å². The molecule has 0 bridgehead atoms. The summed E-state index contributed by atoms with van der Waals surface area (Å²) in [7, 11) is 0. The first-order valence-corrected chi connectivity index (χ1v) is 2.85. The van der Waals surface area contributed by atoms with Crippen LogP contribution >= 0.6 is 23.6 Å². The summed E-state index contributed by atoms with van der Waals surface area (Å²) in [6.07, 6.45) is 0. The van der Waals surface area contributed by atoms with Gasteiger partial charge in [-0.2, -0.15) is 0 Å². The van der Waals surface area contributed by atoms with Crippen LogP contribution in [0, 0.1) is 0 Å². The molecule has 42 valence electrons. The molecular formula is C3H7Cl2N2+. The summed E-state index contributed by atoms with van der Waals surface area (Å²) in [4.78, 5) is 0. The van der Waals surface area contributed by atoms with E-state index in [9.17, 15) is 0 Å². The maximum Gasteiger partial charge on any atom is 0.188 e. The van der Waals surface area contributed by atoms with Crippen molar-refractivity contribution in [2.24, 2.45) is 0 Å². The van der Waals surface area contributed by atoms with Crippen molar-refractivity contribution in [3.8, 4) is 0 Å². The smallest absolute Gasteiger partial charge is 0.188 e. The zero-order valence-corrected chi connectivity index (χ0v) is 5.34. The minimum absolute atomic E-state index is 0.0833. The van der Waals surface area contributed by atoms with Crippen LogP contribution in [0.3, 0.4) is 0 Å². The van der Waals surface area contributed by atoms with Crippen LogP contribution in [0.25, 0.3) is 0 Å². The van der Waals surface area contributed by atoms with E-state index < -0.39 is 0 Å². The Morgan fingerprint density at radius 2 is 2.14 bits per heavy atom. The van der Waals surface area contributed by atoms with Gasteiger partial charge in [-0.1, -0.05) is 0 Å². The van der Waals surface area contributed by atoms with Crippen molar-refractivity contribution >= 4 is 23.6 Å². The molecule has 7 heavy (non-hydrogen) atoms. The van der Waals surface area contributed by atoms with Crippen LogP contribution in [0.1, 0.15) is 0 Å². The monoisotopic (exact) mass is 141 g/mol. The van der Waals surface area contributed by atoms with E-state index in [1.54, 1.807) is 0 Å². The summed E-state index contributed by atoms with van der Waals surface area (Å²) in [5.41, 5.74) is 0. The summed E-state index contributed by atoms with van der Waals surface area (Å²) in [6, 6.07) is 0. The van der Waals surface area contributed by atoms with E-state index in [0.717, 1.165) is 13.1 Å². The molecule has 2 nitrogen and oxygen atoms in total. The summed E-state index contributed by atoms with van der Waals surface area (Å²) < 4.78 is 0.0833. The molecule has 1 aliphatic rings. The average Bonchev–Trinajstić information content (AvgIpc) is 1.84. The summed E-state index contributed by atoms with van der Waals surface area (Å²) >= 11 is 11.2. The molecule has 0 amide bonds. The zero-order chi connectivity index (χ0) is 5.33. The Balaban J connectivity index is 2.40. The Hall–Kier alpha value is 0.500. The molecule has 0 aromatic rings. The lowest BCUT2D eigenvalue weighted by atomic mass is 10.7. The quantitative estimate of drug-likeness (QED) is 0.490. The number of quaternary nitrogens is 1. The molecular weight excluding hydrogens is 135 g/mol. The van der Waals surface area contributed by atoms with E-state index in [1.165, 1.54) is 0 Å². The molecule has 0 saturated carbocycles. The first-order valence-electron chi connectivity index (χ1n) is 2.18. The second-order valence-electron chi connectivity index (χ2n) is 1.65. The summed E-state index contributed by atoms with van der Waals surface area (Å²) in [5, 5.41) is 3.02. The fourth-order valence-electron chi connectivity index (χ4n) is 0.564.